The second-order valence-corrected chi connectivity index (χ2v) is 3.64. The molecule has 0 fully saturated rings. The van der Waals surface area contributed by atoms with Gasteiger partial charge >= 0.3 is 5.97 Å². The van der Waals surface area contributed by atoms with Crippen molar-refractivity contribution < 1.29 is 9.90 Å². The number of hydrogen-bond donors (Lipinski definition) is 3. The molecule has 0 aliphatic heterocycles. The van der Waals surface area contributed by atoms with Crippen LogP contribution in [0, 0.1) is 0 Å². The molecule has 0 aromatic heterocycles. The second-order valence-electron chi connectivity index (χ2n) is 3.64. The Kier molecular flexibility index (Phi) is 4.33. The monoisotopic (exact) mass is 236 g/mol. The molecule has 6 heteroatoms. The minimum atomic E-state index is -0.971. The van der Waals surface area contributed by atoms with Crippen LogP contribution in [0.2, 0.25) is 0 Å². The summed E-state index contributed by atoms with van der Waals surface area (Å²) in [5.41, 5.74) is 11.4. The molecule has 0 heterocycles. The lowest BCUT2D eigenvalue weighted by molar-refractivity contribution is -0.142. The van der Waals surface area contributed by atoms with E-state index in [-0.39, 0.29) is 5.96 Å². The summed E-state index contributed by atoms with van der Waals surface area (Å²) in [6, 6.07) is 8.51. The first-order valence-corrected chi connectivity index (χ1v) is 5.10. The highest BCUT2D eigenvalue weighted by molar-refractivity contribution is 5.77. The van der Waals surface area contributed by atoms with Crippen LogP contribution >= 0.6 is 0 Å². The zero-order valence-corrected chi connectivity index (χ0v) is 9.58. The Morgan fingerprint density at radius 3 is 2.47 bits per heavy atom. The highest BCUT2D eigenvalue weighted by Crippen LogP contribution is 2.08. The predicted molar refractivity (Wildman–Crippen MR) is 65.1 cm³/mol. The lowest BCUT2D eigenvalue weighted by Crippen LogP contribution is -2.39. The van der Waals surface area contributed by atoms with Crippen LogP contribution in [0.15, 0.2) is 35.4 Å². The number of carboxylic acid groups (broad SMARTS) is 1. The van der Waals surface area contributed by atoms with Gasteiger partial charge in [0.2, 0.25) is 5.96 Å². The number of nitrogens with zero attached hydrogens (tertiary/aromatic N) is 2. The summed E-state index contributed by atoms with van der Waals surface area (Å²) >= 11 is 0. The van der Waals surface area contributed by atoms with Crippen LogP contribution in [0.3, 0.4) is 0 Å². The van der Waals surface area contributed by atoms with Crippen LogP contribution < -0.4 is 11.5 Å². The van der Waals surface area contributed by atoms with Crippen molar-refractivity contribution in [2.24, 2.45) is 16.6 Å². The Morgan fingerprint density at radius 2 is 2.00 bits per heavy atom. The smallest absolute Gasteiger partial charge is 0.328 e. The van der Waals surface area contributed by atoms with Gasteiger partial charge in [0.05, 0.1) is 0 Å². The highest BCUT2D eigenvalue weighted by atomic mass is 16.4. The number of benzene rings is 1. The van der Waals surface area contributed by atoms with E-state index < -0.39 is 12.0 Å². The van der Waals surface area contributed by atoms with Gasteiger partial charge in [0.15, 0.2) is 0 Å². The molecule has 17 heavy (non-hydrogen) atoms. The standard InChI is InChI=1S/C11H16N4O2/c1-15(14-11(12)13)9(10(16)17)7-8-5-3-2-4-6-8/h2-6,9H,7H2,1H3,(H,16,17)(H4,12,13,14). The number of carbonyl (C=O) groups is 1. The third-order valence-electron chi connectivity index (χ3n) is 2.28. The van der Waals surface area contributed by atoms with Gasteiger partial charge in [-0.05, 0) is 5.56 Å². The van der Waals surface area contributed by atoms with Crippen molar-refractivity contribution in [3.63, 3.8) is 0 Å². The average molecular weight is 236 g/mol. The summed E-state index contributed by atoms with van der Waals surface area (Å²) < 4.78 is 0. The van der Waals surface area contributed by atoms with E-state index in [1.807, 2.05) is 30.3 Å². The molecule has 0 saturated carbocycles. The van der Waals surface area contributed by atoms with Gasteiger partial charge in [0, 0.05) is 13.5 Å². The Morgan fingerprint density at radius 1 is 1.41 bits per heavy atom. The van der Waals surface area contributed by atoms with Crippen LogP contribution in [0.25, 0.3) is 0 Å². The fraction of sp³-hybridized carbons (Fsp3) is 0.273. The van der Waals surface area contributed by atoms with Gasteiger partial charge in [-0.1, -0.05) is 30.3 Å². The number of hydrazone groups is 1. The number of nitrogens with two attached hydrogens (primary N) is 2. The first-order valence-electron chi connectivity index (χ1n) is 5.10. The van der Waals surface area contributed by atoms with Gasteiger partial charge in [-0.25, -0.2) is 4.79 Å². The fourth-order valence-corrected chi connectivity index (χ4v) is 1.47. The molecule has 92 valence electrons. The molecule has 1 unspecified atom stereocenters. The molecule has 0 aliphatic carbocycles. The molecule has 1 rings (SSSR count). The quantitative estimate of drug-likeness (QED) is 0.373. The molecule has 5 N–H and O–H groups in total. The van der Waals surface area contributed by atoms with Gasteiger partial charge in [-0.3, -0.25) is 5.01 Å². The number of guanidine groups is 1. The maximum Gasteiger partial charge on any atom is 0.328 e. The molecular formula is C11H16N4O2. The van der Waals surface area contributed by atoms with E-state index in [0.717, 1.165) is 5.56 Å². The SMILES string of the molecule is CN(N=C(N)N)C(Cc1ccccc1)C(=O)O. The van der Waals surface area contributed by atoms with Gasteiger partial charge < -0.3 is 16.6 Å². The molecule has 6 nitrogen and oxygen atoms in total. The molecule has 0 spiro atoms. The summed E-state index contributed by atoms with van der Waals surface area (Å²) in [6.07, 6.45) is 0.337. The number of aliphatic carboxylic acids is 1. The molecule has 1 aromatic carbocycles. The predicted octanol–water partition coefficient (Wildman–Crippen LogP) is -0.197. The van der Waals surface area contributed by atoms with E-state index in [0.29, 0.717) is 6.42 Å². The molecule has 0 amide bonds. The average Bonchev–Trinajstić information content (AvgIpc) is 2.25. The van der Waals surface area contributed by atoms with Crippen molar-refractivity contribution in [3.05, 3.63) is 35.9 Å². The minimum Gasteiger partial charge on any atom is -0.480 e. The van der Waals surface area contributed by atoms with Gasteiger partial charge in [0.1, 0.15) is 6.04 Å². The third-order valence-corrected chi connectivity index (χ3v) is 2.28. The Labute approximate surface area is 99.5 Å². The number of likely N-dealkylation sites (N-methyl/N-ethyl adjacent to an activating group) is 1. The van der Waals surface area contributed by atoms with E-state index in [1.54, 1.807) is 0 Å². The van der Waals surface area contributed by atoms with Gasteiger partial charge in [-0.2, -0.15) is 0 Å². The molecular weight excluding hydrogens is 220 g/mol. The summed E-state index contributed by atoms with van der Waals surface area (Å²) in [5, 5.41) is 14.1. The number of carboxylic acids is 1. The topological polar surface area (TPSA) is 105 Å². The maximum atomic E-state index is 11.1. The van der Waals surface area contributed by atoms with E-state index in [2.05, 4.69) is 5.10 Å². The van der Waals surface area contributed by atoms with Crippen molar-refractivity contribution in [2.45, 2.75) is 12.5 Å². The Hall–Kier alpha value is -2.24. The fourth-order valence-electron chi connectivity index (χ4n) is 1.47. The lowest BCUT2D eigenvalue weighted by Gasteiger charge is -2.21. The highest BCUT2D eigenvalue weighted by Gasteiger charge is 2.22. The first kappa shape index (κ1) is 12.8. The molecule has 0 aliphatic rings. The molecule has 0 radical (unpaired) electrons. The zero-order valence-electron chi connectivity index (χ0n) is 9.58. The zero-order chi connectivity index (χ0) is 12.8. The molecule has 0 bridgehead atoms. The Balaban J connectivity index is 2.81. The van der Waals surface area contributed by atoms with Crippen molar-refractivity contribution in [1.82, 2.24) is 5.01 Å². The van der Waals surface area contributed by atoms with E-state index >= 15 is 0 Å². The molecule has 1 aromatic rings. The summed E-state index contributed by atoms with van der Waals surface area (Å²) in [5.74, 6) is -1.13. The summed E-state index contributed by atoms with van der Waals surface area (Å²) in [4.78, 5) is 11.1. The molecule has 1 atom stereocenters. The Bertz CT molecular complexity index is 401. The number of rotatable bonds is 5. The summed E-state index contributed by atoms with van der Waals surface area (Å²) in [6.45, 7) is 0. The van der Waals surface area contributed by atoms with E-state index in [1.165, 1.54) is 12.1 Å². The minimum absolute atomic E-state index is 0.160. The van der Waals surface area contributed by atoms with Crippen LogP contribution in [-0.4, -0.2) is 35.1 Å². The van der Waals surface area contributed by atoms with Gasteiger partial charge in [-0.15, -0.1) is 5.10 Å². The third kappa shape index (κ3) is 4.02. The van der Waals surface area contributed by atoms with Crippen LogP contribution in [-0.2, 0) is 11.2 Å². The normalized spacial score (nSPS) is 11.6. The van der Waals surface area contributed by atoms with E-state index in [9.17, 15) is 4.79 Å². The van der Waals surface area contributed by atoms with Crippen LogP contribution in [0.1, 0.15) is 5.56 Å². The van der Waals surface area contributed by atoms with Crippen molar-refractivity contribution in [2.75, 3.05) is 7.05 Å². The largest absolute Gasteiger partial charge is 0.480 e. The van der Waals surface area contributed by atoms with Crippen molar-refractivity contribution in [3.8, 4) is 0 Å². The van der Waals surface area contributed by atoms with Crippen LogP contribution in [0.4, 0.5) is 0 Å². The van der Waals surface area contributed by atoms with E-state index in [4.69, 9.17) is 16.6 Å². The maximum absolute atomic E-state index is 11.1. The van der Waals surface area contributed by atoms with Crippen LogP contribution in [0.5, 0.6) is 0 Å². The first-order chi connectivity index (χ1) is 8.00. The molecule has 0 saturated heterocycles. The second kappa shape index (κ2) is 5.74. The van der Waals surface area contributed by atoms with Gasteiger partial charge in [0.25, 0.3) is 0 Å². The van der Waals surface area contributed by atoms with Crippen molar-refractivity contribution in [1.29, 1.82) is 0 Å². The number of hydrogen-bond acceptors (Lipinski definition) is 3. The lowest BCUT2D eigenvalue weighted by atomic mass is 10.1. The van der Waals surface area contributed by atoms with Crippen molar-refractivity contribution >= 4 is 11.9 Å². The summed E-state index contributed by atoms with van der Waals surface area (Å²) in [7, 11) is 1.53.